The number of benzene rings is 3. The number of fused-ring (bicyclic) bond motifs is 1. The molecule has 0 atom stereocenters. The van der Waals surface area contributed by atoms with E-state index in [-0.39, 0.29) is 5.84 Å². The Morgan fingerprint density at radius 2 is 1.69 bits per heavy atom. The average molecular weight is 547 g/mol. The summed E-state index contributed by atoms with van der Waals surface area (Å²) in [5.41, 5.74) is 10.7. The molecule has 0 fully saturated rings. The Kier molecular flexibility index (Phi) is 8.72. The Labute approximate surface area is 231 Å². The maximum atomic E-state index is 13.9. The third-order valence-electron chi connectivity index (χ3n) is 7.24. The number of aromatic nitrogens is 2. The Morgan fingerprint density at radius 1 is 0.974 bits per heavy atom. The van der Waals surface area contributed by atoms with Gasteiger partial charge in [-0.3, -0.25) is 9.71 Å². The van der Waals surface area contributed by atoms with Crippen molar-refractivity contribution in [2.75, 3.05) is 30.5 Å². The third-order valence-corrected chi connectivity index (χ3v) is 9.06. The van der Waals surface area contributed by atoms with E-state index in [0.29, 0.717) is 29.2 Å². The zero-order valence-corrected chi connectivity index (χ0v) is 24.0. The van der Waals surface area contributed by atoms with Crippen LogP contribution in [0.3, 0.4) is 0 Å². The summed E-state index contributed by atoms with van der Waals surface area (Å²) < 4.78 is 31.3. The summed E-state index contributed by atoms with van der Waals surface area (Å²) in [6, 6.07) is 20.5. The van der Waals surface area contributed by atoms with Gasteiger partial charge in [-0.05, 0) is 67.9 Å². The van der Waals surface area contributed by atoms with Crippen molar-refractivity contribution in [1.29, 1.82) is 5.41 Å². The Balaban J connectivity index is 1.65. The van der Waals surface area contributed by atoms with Crippen LogP contribution in [0, 0.1) is 12.3 Å². The summed E-state index contributed by atoms with van der Waals surface area (Å²) in [6.07, 6.45) is 1.52. The maximum Gasteiger partial charge on any atom is 0.264 e. The lowest BCUT2D eigenvalue weighted by Gasteiger charge is -2.28. The minimum absolute atomic E-state index is 0.0586. The van der Waals surface area contributed by atoms with Gasteiger partial charge in [-0.15, -0.1) is 0 Å². The summed E-state index contributed by atoms with van der Waals surface area (Å²) in [7, 11) is -1.78. The Bertz CT molecular complexity index is 1560. The number of rotatable bonds is 12. The number of imidazole rings is 1. The number of nitrogens with one attached hydrogen (secondary N) is 1. The molecular weight excluding hydrogens is 508 g/mol. The number of hydrogen-bond acceptors (Lipinski definition) is 5. The van der Waals surface area contributed by atoms with E-state index in [1.54, 1.807) is 18.2 Å². The molecule has 0 aliphatic heterocycles. The van der Waals surface area contributed by atoms with Crippen LogP contribution in [0.25, 0.3) is 11.0 Å². The van der Waals surface area contributed by atoms with Gasteiger partial charge in [-0.2, -0.15) is 0 Å². The van der Waals surface area contributed by atoms with Crippen LogP contribution >= 0.6 is 0 Å². The van der Waals surface area contributed by atoms with Crippen LogP contribution in [0.4, 0.5) is 5.69 Å². The number of nitrogen functional groups attached to an aromatic ring is 1. The normalized spacial score (nSPS) is 11.8. The maximum absolute atomic E-state index is 13.9. The summed E-state index contributed by atoms with van der Waals surface area (Å²) in [6.45, 7) is 8.76. The molecule has 0 amide bonds. The van der Waals surface area contributed by atoms with Gasteiger partial charge < -0.3 is 15.2 Å². The highest BCUT2D eigenvalue weighted by atomic mass is 32.2. The second-order valence-electron chi connectivity index (χ2n) is 9.79. The quantitative estimate of drug-likeness (QED) is 0.201. The smallest absolute Gasteiger partial charge is 0.264 e. The fourth-order valence-electron chi connectivity index (χ4n) is 4.79. The van der Waals surface area contributed by atoms with E-state index in [0.717, 1.165) is 53.9 Å². The molecule has 9 heteroatoms. The Hall–Kier alpha value is -3.69. The fraction of sp³-hybridized carbons (Fsp3) is 0.333. The minimum atomic E-state index is -3.77. The number of amidine groups is 1. The number of anilines is 1. The van der Waals surface area contributed by atoms with E-state index in [9.17, 15) is 8.42 Å². The third kappa shape index (κ3) is 6.32. The second-order valence-corrected chi connectivity index (χ2v) is 11.7. The molecule has 0 saturated heterocycles. The molecule has 0 aliphatic rings. The molecule has 0 aliphatic carbocycles. The summed E-state index contributed by atoms with van der Waals surface area (Å²) in [5.74, 6) is 0.984. The second kappa shape index (κ2) is 12.0. The highest BCUT2D eigenvalue weighted by Crippen LogP contribution is 2.28. The number of aryl methyl sites for hydroxylation is 4. The molecular formula is C30H38N6O2S. The molecule has 4 aromatic rings. The molecule has 4 rings (SSSR count). The molecule has 1 heterocycles. The molecule has 8 nitrogen and oxygen atoms in total. The SMILES string of the molecule is CCN(CC)CCN(c1ccc2c(c1)nc(CCc1ccc(C(=N)N)cc1)n2C)S(=O)(=O)c1cccc(C)c1. The molecule has 1 aromatic heterocycles. The van der Waals surface area contributed by atoms with Crippen molar-refractivity contribution in [3.63, 3.8) is 0 Å². The lowest BCUT2D eigenvalue weighted by molar-refractivity contribution is 0.313. The van der Waals surface area contributed by atoms with E-state index in [4.69, 9.17) is 16.1 Å². The fourth-order valence-corrected chi connectivity index (χ4v) is 6.34. The van der Waals surface area contributed by atoms with Crippen LogP contribution in [-0.4, -0.2) is 54.9 Å². The number of sulfonamides is 1. The van der Waals surface area contributed by atoms with Gasteiger partial charge in [0.2, 0.25) is 0 Å². The molecule has 0 saturated carbocycles. The zero-order chi connectivity index (χ0) is 28.2. The van der Waals surface area contributed by atoms with Crippen molar-refractivity contribution < 1.29 is 8.42 Å². The van der Waals surface area contributed by atoms with Gasteiger partial charge in [0.05, 0.1) is 21.6 Å². The number of nitrogens with two attached hydrogens (primary N) is 1. The topological polar surface area (TPSA) is 108 Å². The van der Waals surface area contributed by atoms with E-state index >= 15 is 0 Å². The standard InChI is InChI=1S/C30H38N6O2S/c1-5-35(6-2)18-19-36(39(37,38)26-9-7-8-22(3)20-26)25-15-16-28-27(21-25)33-29(34(28)4)17-12-23-10-13-24(14-11-23)30(31)32/h7-11,13-16,20-21H,5-6,12,17-19H2,1-4H3,(H3,31,32). The van der Waals surface area contributed by atoms with Gasteiger partial charge in [0.1, 0.15) is 11.7 Å². The molecule has 0 spiro atoms. The predicted octanol–water partition coefficient (Wildman–Crippen LogP) is 4.49. The predicted molar refractivity (Wildman–Crippen MR) is 159 cm³/mol. The van der Waals surface area contributed by atoms with Crippen molar-refractivity contribution in [1.82, 2.24) is 14.5 Å². The van der Waals surface area contributed by atoms with Crippen LogP contribution in [0.5, 0.6) is 0 Å². The largest absolute Gasteiger partial charge is 0.384 e. The molecule has 206 valence electrons. The van der Waals surface area contributed by atoms with Crippen molar-refractivity contribution in [3.8, 4) is 0 Å². The molecule has 0 radical (unpaired) electrons. The van der Waals surface area contributed by atoms with Crippen LogP contribution in [0.2, 0.25) is 0 Å². The van der Waals surface area contributed by atoms with Crippen LogP contribution < -0.4 is 10.0 Å². The van der Waals surface area contributed by atoms with E-state index in [2.05, 4.69) is 23.3 Å². The first-order valence-electron chi connectivity index (χ1n) is 13.3. The van der Waals surface area contributed by atoms with E-state index in [1.165, 1.54) is 4.31 Å². The lowest BCUT2D eigenvalue weighted by Crippen LogP contribution is -2.38. The highest BCUT2D eigenvalue weighted by Gasteiger charge is 2.26. The number of hydrogen-bond donors (Lipinski definition) is 2. The molecule has 0 bridgehead atoms. The van der Waals surface area contributed by atoms with Crippen LogP contribution in [-0.2, 0) is 29.9 Å². The average Bonchev–Trinajstić information content (AvgIpc) is 3.24. The van der Waals surface area contributed by atoms with Crippen molar-refractivity contribution in [3.05, 3.63) is 89.2 Å². The molecule has 3 aromatic carbocycles. The molecule has 39 heavy (non-hydrogen) atoms. The first-order valence-corrected chi connectivity index (χ1v) is 14.8. The van der Waals surface area contributed by atoms with Gasteiger partial charge in [0.15, 0.2) is 0 Å². The van der Waals surface area contributed by atoms with E-state index in [1.807, 2.05) is 62.5 Å². The Morgan fingerprint density at radius 3 is 2.33 bits per heavy atom. The van der Waals surface area contributed by atoms with Crippen molar-refractivity contribution in [2.24, 2.45) is 12.8 Å². The summed E-state index contributed by atoms with van der Waals surface area (Å²) in [4.78, 5) is 7.40. The highest BCUT2D eigenvalue weighted by molar-refractivity contribution is 7.92. The van der Waals surface area contributed by atoms with Crippen LogP contribution in [0.1, 0.15) is 36.4 Å². The van der Waals surface area contributed by atoms with Gasteiger partial charge in [-0.25, -0.2) is 13.4 Å². The lowest BCUT2D eigenvalue weighted by atomic mass is 10.1. The summed E-state index contributed by atoms with van der Waals surface area (Å²) in [5, 5.41) is 7.56. The van der Waals surface area contributed by atoms with E-state index < -0.39 is 10.0 Å². The number of nitrogens with zero attached hydrogens (tertiary/aromatic N) is 4. The van der Waals surface area contributed by atoms with Gasteiger partial charge >= 0.3 is 0 Å². The molecule has 3 N–H and O–H groups in total. The van der Waals surface area contributed by atoms with Gasteiger partial charge in [0.25, 0.3) is 10.0 Å². The van der Waals surface area contributed by atoms with Crippen molar-refractivity contribution in [2.45, 2.75) is 38.5 Å². The first-order chi connectivity index (χ1) is 18.6. The monoisotopic (exact) mass is 546 g/mol. The van der Waals surface area contributed by atoms with Crippen LogP contribution in [0.15, 0.2) is 71.6 Å². The molecule has 0 unspecified atom stereocenters. The zero-order valence-electron chi connectivity index (χ0n) is 23.2. The van der Waals surface area contributed by atoms with Gasteiger partial charge in [-0.1, -0.05) is 50.2 Å². The first kappa shape index (κ1) is 28.3. The minimum Gasteiger partial charge on any atom is -0.384 e. The number of likely N-dealkylation sites (N-methyl/N-ethyl adjacent to an activating group) is 1. The summed E-state index contributed by atoms with van der Waals surface area (Å²) >= 11 is 0. The van der Waals surface area contributed by atoms with Crippen molar-refractivity contribution >= 4 is 32.6 Å². The van der Waals surface area contributed by atoms with Gasteiger partial charge in [0, 0.05) is 32.1 Å².